The summed E-state index contributed by atoms with van der Waals surface area (Å²) in [5.74, 6) is 2.19. The highest BCUT2D eigenvalue weighted by Gasteiger charge is 2.01. The molecule has 0 bridgehead atoms. The normalized spacial score (nSPS) is 12.8. The van der Waals surface area contributed by atoms with Crippen molar-refractivity contribution in [1.29, 1.82) is 0 Å². The van der Waals surface area contributed by atoms with E-state index in [0.29, 0.717) is 5.92 Å². The van der Waals surface area contributed by atoms with E-state index in [1.54, 1.807) is 0 Å². The Morgan fingerprint density at radius 3 is 2.93 bits per heavy atom. The Morgan fingerprint density at radius 1 is 1.57 bits per heavy atom. The fraction of sp³-hybridized carbons (Fsp3) is 0.778. The summed E-state index contributed by atoms with van der Waals surface area (Å²) in [6, 6.07) is 0. The van der Waals surface area contributed by atoms with E-state index in [-0.39, 0.29) is 0 Å². The first-order valence-corrected chi connectivity index (χ1v) is 6.13. The third-order valence-corrected chi connectivity index (χ3v) is 3.23. The number of halogens is 1. The van der Waals surface area contributed by atoms with Gasteiger partial charge in [0, 0.05) is 24.0 Å². The number of aromatic nitrogens is 2. The van der Waals surface area contributed by atoms with Gasteiger partial charge in [0.2, 0.25) is 5.13 Å². The minimum atomic E-state index is 0.606. The van der Waals surface area contributed by atoms with Gasteiger partial charge >= 0.3 is 0 Å². The predicted octanol–water partition coefficient (Wildman–Crippen LogP) is 2.91. The van der Waals surface area contributed by atoms with E-state index in [1.165, 1.54) is 11.5 Å². The van der Waals surface area contributed by atoms with Crippen LogP contribution in [0.25, 0.3) is 0 Å². The van der Waals surface area contributed by atoms with E-state index in [1.807, 2.05) is 6.92 Å². The fourth-order valence-electron chi connectivity index (χ4n) is 1.09. The minimum Gasteiger partial charge on any atom is -0.360 e. The fourth-order valence-corrected chi connectivity index (χ4v) is 1.85. The molecule has 1 aromatic heterocycles. The summed E-state index contributed by atoms with van der Waals surface area (Å²) in [7, 11) is 0. The van der Waals surface area contributed by atoms with Gasteiger partial charge in [0.15, 0.2) is 0 Å². The lowest BCUT2D eigenvalue weighted by Gasteiger charge is -2.06. The molecule has 0 aliphatic heterocycles. The monoisotopic (exact) mass is 233 g/mol. The van der Waals surface area contributed by atoms with Gasteiger partial charge in [0.05, 0.1) is 0 Å². The van der Waals surface area contributed by atoms with Crippen LogP contribution in [-0.4, -0.2) is 21.8 Å². The molecule has 0 aromatic carbocycles. The topological polar surface area (TPSA) is 37.8 Å². The molecule has 0 radical (unpaired) electrons. The molecule has 0 spiro atoms. The van der Waals surface area contributed by atoms with Crippen LogP contribution in [0, 0.1) is 12.8 Å². The van der Waals surface area contributed by atoms with Crippen molar-refractivity contribution in [3.05, 3.63) is 5.82 Å². The molecule has 1 aromatic rings. The van der Waals surface area contributed by atoms with Crippen LogP contribution in [0.3, 0.4) is 0 Å². The van der Waals surface area contributed by atoms with Crippen molar-refractivity contribution in [3.63, 3.8) is 0 Å². The summed E-state index contributed by atoms with van der Waals surface area (Å²) in [6.07, 6.45) is 2.29. The van der Waals surface area contributed by atoms with Crippen LogP contribution in [0.1, 0.15) is 25.6 Å². The second-order valence-electron chi connectivity index (χ2n) is 3.48. The van der Waals surface area contributed by atoms with Crippen molar-refractivity contribution < 1.29 is 0 Å². The maximum absolute atomic E-state index is 5.71. The third kappa shape index (κ3) is 4.24. The summed E-state index contributed by atoms with van der Waals surface area (Å²) in [5, 5.41) is 4.16. The van der Waals surface area contributed by atoms with Gasteiger partial charge in [0.25, 0.3) is 0 Å². The van der Waals surface area contributed by atoms with E-state index in [9.17, 15) is 0 Å². The average molecular weight is 234 g/mol. The van der Waals surface area contributed by atoms with Crippen LogP contribution in [0.15, 0.2) is 0 Å². The molecule has 0 amide bonds. The van der Waals surface area contributed by atoms with E-state index in [2.05, 4.69) is 21.6 Å². The molecule has 0 saturated carbocycles. The first-order chi connectivity index (χ1) is 6.72. The molecule has 0 fully saturated rings. The van der Waals surface area contributed by atoms with Gasteiger partial charge < -0.3 is 5.32 Å². The third-order valence-electron chi connectivity index (χ3n) is 1.94. The maximum Gasteiger partial charge on any atom is 0.202 e. The molecule has 0 aliphatic rings. The Hall–Kier alpha value is -0.350. The number of hydrogen-bond acceptors (Lipinski definition) is 4. The van der Waals surface area contributed by atoms with Crippen LogP contribution >= 0.6 is 23.1 Å². The van der Waals surface area contributed by atoms with Gasteiger partial charge in [-0.25, -0.2) is 4.98 Å². The summed E-state index contributed by atoms with van der Waals surface area (Å²) < 4.78 is 4.09. The number of nitrogens with zero attached hydrogens (tertiary/aromatic N) is 2. The predicted molar refractivity (Wildman–Crippen MR) is 62.3 cm³/mol. The van der Waals surface area contributed by atoms with Crippen molar-refractivity contribution >= 4 is 28.3 Å². The zero-order valence-electron chi connectivity index (χ0n) is 8.59. The van der Waals surface area contributed by atoms with Crippen LogP contribution in [0.4, 0.5) is 5.13 Å². The number of aryl methyl sites for hydroxylation is 1. The lowest BCUT2D eigenvalue weighted by Crippen LogP contribution is -2.04. The van der Waals surface area contributed by atoms with E-state index in [0.717, 1.165) is 36.2 Å². The number of nitrogens with one attached hydrogen (secondary N) is 1. The number of alkyl halides is 1. The molecule has 1 unspecified atom stereocenters. The number of anilines is 1. The Kier molecular flexibility index (Phi) is 5.19. The summed E-state index contributed by atoms with van der Waals surface area (Å²) in [6.45, 7) is 5.02. The molecule has 0 aliphatic carbocycles. The van der Waals surface area contributed by atoms with E-state index in [4.69, 9.17) is 11.6 Å². The standard InChI is InChI=1S/C9H16ClN3S/c1-7(6-10)4-3-5-11-9-12-8(2)13-14-9/h7H,3-6H2,1-2H3,(H,11,12,13). The molecule has 5 heteroatoms. The lowest BCUT2D eigenvalue weighted by atomic mass is 10.1. The SMILES string of the molecule is Cc1nsc(NCCCC(C)CCl)n1. The van der Waals surface area contributed by atoms with Crippen LogP contribution in [0.5, 0.6) is 0 Å². The zero-order valence-corrected chi connectivity index (χ0v) is 10.2. The molecule has 1 heterocycles. The van der Waals surface area contributed by atoms with Gasteiger partial charge in [-0.3, -0.25) is 0 Å². The van der Waals surface area contributed by atoms with Gasteiger partial charge in [-0.15, -0.1) is 11.6 Å². The van der Waals surface area contributed by atoms with E-state index >= 15 is 0 Å². The maximum atomic E-state index is 5.71. The highest BCUT2D eigenvalue weighted by Crippen LogP contribution is 2.11. The van der Waals surface area contributed by atoms with Crippen LogP contribution < -0.4 is 5.32 Å². The first kappa shape index (κ1) is 11.7. The first-order valence-electron chi connectivity index (χ1n) is 4.82. The average Bonchev–Trinajstić information content (AvgIpc) is 2.58. The second-order valence-corrected chi connectivity index (χ2v) is 4.54. The summed E-state index contributed by atoms with van der Waals surface area (Å²) in [5.41, 5.74) is 0. The van der Waals surface area contributed by atoms with Gasteiger partial charge in [-0.1, -0.05) is 6.92 Å². The molecule has 14 heavy (non-hydrogen) atoms. The molecule has 3 nitrogen and oxygen atoms in total. The Balaban J connectivity index is 2.10. The lowest BCUT2D eigenvalue weighted by molar-refractivity contribution is 0.572. The number of hydrogen-bond donors (Lipinski definition) is 1. The Bertz CT molecular complexity index is 264. The molecule has 80 valence electrons. The van der Waals surface area contributed by atoms with Crippen LogP contribution in [-0.2, 0) is 0 Å². The van der Waals surface area contributed by atoms with E-state index < -0.39 is 0 Å². The largest absolute Gasteiger partial charge is 0.360 e. The van der Waals surface area contributed by atoms with Crippen molar-refractivity contribution in [1.82, 2.24) is 9.36 Å². The quantitative estimate of drug-likeness (QED) is 0.607. The second kappa shape index (κ2) is 6.19. The minimum absolute atomic E-state index is 0.606. The smallest absolute Gasteiger partial charge is 0.202 e. The Labute approximate surface area is 94.1 Å². The molecule has 0 saturated heterocycles. The molecular weight excluding hydrogens is 218 g/mol. The van der Waals surface area contributed by atoms with Gasteiger partial charge in [-0.2, -0.15) is 4.37 Å². The molecule has 1 N–H and O–H groups in total. The van der Waals surface area contributed by atoms with Crippen molar-refractivity contribution in [3.8, 4) is 0 Å². The van der Waals surface area contributed by atoms with Gasteiger partial charge in [-0.05, 0) is 25.7 Å². The summed E-state index contributed by atoms with van der Waals surface area (Å²) >= 11 is 7.13. The van der Waals surface area contributed by atoms with Crippen molar-refractivity contribution in [2.45, 2.75) is 26.7 Å². The zero-order chi connectivity index (χ0) is 10.4. The number of rotatable bonds is 6. The summed E-state index contributed by atoms with van der Waals surface area (Å²) in [4.78, 5) is 4.22. The Morgan fingerprint density at radius 2 is 2.36 bits per heavy atom. The van der Waals surface area contributed by atoms with Crippen molar-refractivity contribution in [2.75, 3.05) is 17.7 Å². The highest BCUT2D eigenvalue weighted by molar-refractivity contribution is 7.09. The highest BCUT2D eigenvalue weighted by atomic mass is 35.5. The van der Waals surface area contributed by atoms with Crippen molar-refractivity contribution in [2.24, 2.45) is 5.92 Å². The molecule has 1 rings (SSSR count). The molecule has 1 atom stereocenters. The van der Waals surface area contributed by atoms with Gasteiger partial charge in [0.1, 0.15) is 5.82 Å². The molecular formula is C9H16ClN3S. The van der Waals surface area contributed by atoms with Crippen LogP contribution in [0.2, 0.25) is 0 Å².